The van der Waals surface area contributed by atoms with Crippen molar-refractivity contribution in [1.29, 1.82) is 0 Å². The maximum Gasteiger partial charge on any atom is 0.323 e. The third kappa shape index (κ3) is 4.75. The van der Waals surface area contributed by atoms with Crippen LogP contribution in [0, 0.1) is 17.7 Å². The molecule has 2 heterocycles. The summed E-state index contributed by atoms with van der Waals surface area (Å²) in [5, 5.41) is 0. The van der Waals surface area contributed by atoms with Crippen molar-refractivity contribution in [2.45, 2.75) is 64.9 Å². The zero-order chi connectivity index (χ0) is 38.3. The van der Waals surface area contributed by atoms with Crippen LogP contribution in [0.15, 0.2) is 12.1 Å². The van der Waals surface area contributed by atoms with Gasteiger partial charge in [0.15, 0.2) is 11.5 Å². The second kappa shape index (κ2) is 9.56. The van der Waals surface area contributed by atoms with E-state index in [1.54, 1.807) is 4.90 Å². The Labute approximate surface area is 207 Å². The molecule has 0 amide bonds. The largest absolute Gasteiger partial charge is 0.493 e. The number of methoxy groups -OCH3 is 2. The highest BCUT2D eigenvalue weighted by atomic mass is 16.5. The number of hydrogen-bond donors (Lipinski definition) is 1. The molecule has 30 heavy (non-hydrogen) atoms. The lowest BCUT2D eigenvalue weighted by Gasteiger charge is -2.47. The summed E-state index contributed by atoms with van der Waals surface area (Å²) < 4.78 is 168. The molecule has 0 saturated carbocycles. The number of fused-ring (bicyclic) bond motifs is 3. The van der Waals surface area contributed by atoms with Gasteiger partial charge in [0.25, 0.3) is 0 Å². The summed E-state index contributed by atoms with van der Waals surface area (Å²) in [5.41, 5.74) is 5.91. The summed E-state index contributed by atoms with van der Waals surface area (Å²) in [6.45, 7) is -10.6. The van der Waals surface area contributed by atoms with E-state index in [4.69, 9.17) is 46.0 Å². The molecule has 1 aromatic rings. The lowest BCUT2D eigenvalue weighted by atomic mass is 9.79. The summed E-state index contributed by atoms with van der Waals surface area (Å²) in [5.74, 6) is -11.6. The summed E-state index contributed by atoms with van der Waals surface area (Å²) in [4.78, 5) is 15.2. The zero-order valence-corrected chi connectivity index (χ0v) is 16.7. The number of rotatable bonds is 7. The van der Waals surface area contributed by atoms with Gasteiger partial charge in [-0.3, -0.25) is 9.69 Å². The highest BCUT2D eigenvalue weighted by Crippen LogP contribution is 2.44. The molecule has 0 aliphatic carbocycles. The van der Waals surface area contributed by atoms with Gasteiger partial charge in [-0.1, -0.05) is 27.5 Å². The van der Waals surface area contributed by atoms with Crippen LogP contribution in [0.1, 0.15) is 83.5 Å². The van der Waals surface area contributed by atoms with Crippen LogP contribution in [0.3, 0.4) is 0 Å². The van der Waals surface area contributed by atoms with Crippen molar-refractivity contribution in [3.63, 3.8) is 0 Å². The average molecular weight is 438 g/mol. The van der Waals surface area contributed by atoms with Crippen LogP contribution < -0.4 is 15.2 Å². The maximum atomic E-state index is 13.6. The average Bonchev–Trinajstić information content (AvgIpc) is 2.91. The molecule has 1 saturated heterocycles. The standard InChI is InChI=1S/C24H38N2O4/c1-14(2)9-17-13-26-8-7-16-10-21(28-5)22(29-6)11-18(16)19(26)12-20(17)30-24(27)23(25)15(3)4/h10-11,14-15,17,19-20,23H,7-9,12-13,25H2,1-6H3/t17?,19?,20?,23-/m0/s1/i1D3,3D3,4D3,5D3,9D2,10D,11D,14D,15D,23D/t14?,17?,19?,20?,23-. The fraction of sp³-hybridized carbons (Fsp3) is 0.708. The minimum atomic E-state index is -3.97. The number of ether oxygens (including phenoxy) is 3. The molecule has 2 N–H and O–H groups in total. The number of carbonyl (C=O) groups is 1. The van der Waals surface area contributed by atoms with E-state index in [2.05, 4.69) is 0 Å². The number of benzene rings is 1. The minimum absolute atomic E-state index is 0.00729. The highest BCUT2D eigenvalue weighted by molar-refractivity contribution is 5.76. The number of nitrogens with zero attached hydrogens (tertiary/aromatic N) is 1. The van der Waals surface area contributed by atoms with Crippen molar-refractivity contribution < 1.29 is 45.0 Å². The van der Waals surface area contributed by atoms with Crippen molar-refractivity contribution in [2.24, 2.45) is 23.4 Å². The second-order valence-corrected chi connectivity index (χ2v) is 7.21. The molecule has 4 unspecified atom stereocenters. The van der Waals surface area contributed by atoms with Crippen LogP contribution in [0.25, 0.3) is 0 Å². The van der Waals surface area contributed by atoms with Crippen LogP contribution in [0.2, 0.25) is 0 Å². The lowest BCUT2D eigenvalue weighted by Crippen LogP contribution is -2.51. The minimum Gasteiger partial charge on any atom is -0.493 e. The Balaban J connectivity index is 2.24. The Morgan fingerprint density at radius 1 is 1.40 bits per heavy atom. The third-order valence-electron chi connectivity index (χ3n) is 5.26. The Morgan fingerprint density at radius 2 is 2.20 bits per heavy atom. The van der Waals surface area contributed by atoms with Gasteiger partial charge in [-0.2, -0.15) is 0 Å². The maximum absolute atomic E-state index is 13.6. The molecule has 5 atom stereocenters. The molecule has 3 rings (SSSR count). The zero-order valence-electron chi connectivity index (χ0n) is 35.7. The Kier molecular flexibility index (Phi) is 2.75. The molecular weight excluding hydrogens is 380 g/mol. The van der Waals surface area contributed by atoms with Crippen molar-refractivity contribution in [1.82, 2.24) is 4.90 Å². The topological polar surface area (TPSA) is 74.0 Å². The second-order valence-electron chi connectivity index (χ2n) is 7.21. The van der Waals surface area contributed by atoms with Gasteiger partial charge < -0.3 is 19.9 Å². The summed E-state index contributed by atoms with van der Waals surface area (Å²) in [7, 11) is -1.93. The number of carbonyl (C=O) groups excluding carboxylic acids is 1. The Bertz CT molecular complexity index is 1420. The fourth-order valence-corrected chi connectivity index (χ4v) is 3.90. The van der Waals surface area contributed by atoms with E-state index < -0.39 is 112 Å². The van der Waals surface area contributed by atoms with E-state index in [0.717, 1.165) is 14.0 Å². The Morgan fingerprint density at radius 3 is 2.90 bits per heavy atom. The number of hydrogen-bond acceptors (Lipinski definition) is 6. The first-order chi connectivity index (χ1) is 21.7. The summed E-state index contributed by atoms with van der Waals surface area (Å²) in [6.07, 6.45) is -5.46. The van der Waals surface area contributed by atoms with E-state index in [1.165, 1.54) is 0 Å². The van der Waals surface area contributed by atoms with Gasteiger partial charge in [-0.05, 0) is 47.8 Å². The quantitative estimate of drug-likeness (QED) is 0.658. The molecule has 0 spiro atoms. The molecule has 1 fully saturated rings. The molecule has 0 radical (unpaired) electrons. The van der Waals surface area contributed by atoms with Crippen molar-refractivity contribution >= 4 is 5.97 Å². The third-order valence-corrected chi connectivity index (χ3v) is 5.26. The van der Waals surface area contributed by atoms with E-state index in [1.807, 2.05) is 0 Å². The first kappa shape index (κ1) is 8.62. The summed E-state index contributed by atoms with van der Waals surface area (Å²) >= 11 is 0. The molecule has 6 nitrogen and oxygen atoms in total. The van der Waals surface area contributed by atoms with Crippen LogP contribution in [0.5, 0.6) is 11.5 Å². The van der Waals surface area contributed by atoms with Crippen molar-refractivity contribution in [3.05, 3.63) is 23.2 Å². The fourth-order valence-electron chi connectivity index (χ4n) is 3.90. The van der Waals surface area contributed by atoms with Crippen LogP contribution in [-0.2, 0) is 16.0 Å². The molecule has 2 aliphatic heterocycles. The lowest BCUT2D eigenvalue weighted by molar-refractivity contribution is -0.160. The summed E-state index contributed by atoms with van der Waals surface area (Å²) in [6, 6.07) is -5.77. The van der Waals surface area contributed by atoms with E-state index >= 15 is 0 Å². The smallest absolute Gasteiger partial charge is 0.323 e. The van der Waals surface area contributed by atoms with E-state index in [9.17, 15) is 4.79 Å². The van der Waals surface area contributed by atoms with Gasteiger partial charge in [0.05, 0.1) is 22.4 Å². The molecule has 2 aliphatic rings. The molecule has 168 valence electrons. The first-order valence-corrected chi connectivity index (χ1v) is 9.33. The molecule has 0 bridgehead atoms. The molecular formula is C24H38N2O4. The highest BCUT2D eigenvalue weighted by Gasteiger charge is 2.41. The molecule has 0 aromatic heterocycles. The molecule has 6 heteroatoms. The predicted octanol–water partition coefficient (Wildman–Crippen LogP) is 3.56. The van der Waals surface area contributed by atoms with Crippen molar-refractivity contribution in [3.8, 4) is 11.5 Å². The van der Waals surface area contributed by atoms with Crippen LogP contribution in [0.4, 0.5) is 0 Å². The SMILES string of the molecule is [2H]c1c2c(c([2H])c(OC)c1OC([2H])([2H])[2H])C1CC(OC(=O)[C@@]([2H])(N)C([2H])(C([2H])([2H])[2H])C([2H])([2H])[2H])C(C([2H])([2H])C([2H])(C)C([2H])([2H])[2H])CN1CC2. The van der Waals surface area contributed by atoms with Gasteiger partial charge in [0.1, 0.15) is 12.1 Å². The van der Waals surface area contributed by atoms with Crippen molar-refractivity contribution in [2.75, 3.05) is 27.2 Å². The van der Waals surface area contributed by atoms with E-state index in [0.29, 0.717) is 0 Å². The number of esters is 1. The van der Waals surface area contributed by atoms with Gasteiger partial charge in [0, 0.05) is 49.3 Å². The number of nitrogens with two attached hydrogens (primary N) is 1. The van der Waals surface area contributed by atoms with Crippen LogP contribution >= 0.6 is 0 Å². The Hall–Kier alpha value is -1.79. The van der Waals surface area contributed by atoms with E-state index in [-0.39, 0.29) is 24.1 Å². The monoisotopic (exact) mass is 437 g/mol. The predicted molar refractivity (Wildman–Crippen MR) is 118 cm³/mol. The van der Waals surface area contributed by atoms with Gasteiger partial charge in [-0.25, -0.2) is 0 Å². The van der Waals surface area contributed by atoms with Gasteiger partial charge in [0.2, 0.25) is 0 Å². The molecule has 1 aromatic carbocycles. The van der Waals surface area contributed by atoms with Gasteiger partial charge >= 0.3 is 5.97 Å². The van der Waals surface area contributed by atoms with Gasteiger partial charge in [-0.15, -0.1) is 0 Å². The first-order valence-electron chi connectivity index (χ1n) is 18.8. The number of piperidine rings is 1. The van der Waals surface area contributed by atoms with Crippen LogP contribution in [-0.4, -0.2) is 50.2 Å². The normalized spacial score (nSPS) is 39.7.